The fourth-order valence-electron chi connectivity index (χ4n) is 1.86. The number of hydrogen-bond acceptors (Lipinski definition) is 3. The Morgan fingerprint density at radius 2 is 2.10 bits per heavy atom. The maximum atomic E-state index is 13.4. The molecule has 0 unspecified atom stereocenters. The quantitative estimate of drug-likeness (QED) is 0.651. The second kappa shape index (κ2) is 6.51. The molecule has 4 nitrogen and oxygen atoms in total. The van der Waals surface area contributed by atoms with Crippen molar-refractivity contribution in [1.82, 2.24) is 5.43 Å². The van der Waals surface area contributed by atoms with E-state index in [9.17, 15) is 13.6 Å². The van der Waals surface area contributed by atoms with E-state index in [4.69, 9.17) is 12.2 Å². The average molecular weight is 297 g/mol. The minimum Gasteiger partial charge on any atom is -0.329 e. The molecule has 0 amide bonds. The minimum atomic E-state index is -0.741. The number of thiocarbonyl (C=S) groups is 1. The van der Waals surface area contributed by atoms with E-state index >= 15 is 0 Å². The largest absolute Gasteiger partial charge is 0.329 e. The zero-order valence-electron chi connectivity index (χ0n) is 10.6. The van der Waals surface area contributed by atoms with Crippen LogP contribution in [0.3, 0.4) is 0 Å². The topological polar surface area (TPSA) is 53.5 Å². The Morgan fingerprint density at radius 1 is 1.30 bits per heavy atom. The van der Waals surface area contributed by atoms with Crippen molar-refractivity contribution in [1.29, 1.82) is 0 Å². The first-order chi connectivity index (χ1) is 9.54. The van der Waals surface area contributed by atoms with Gasteiger partial charge in [-0.15, -0.1) is 0 Å². The van der Waals surface area contributed by atoms with Crippen LogP contribution in [0, 0.1) is 11.6 Å². The number of hydrogen-bond donors (Lipinski definition) is 2. The summed E-state index contributed by atoms with van der Waals surface area (Å²) in [6, 6.07) is 3.13. The van der Waals surface area contributed by atoms with Crippen LogP contribution in [0.5, 0.6) is 0 Å². The first-order valence-corrected chi connectivity index (χ1v) is 6.54. The van der Waals surface area contributed by atoms with Crippen LogP contribution in [0.2, 0.25) is 0 Å². The lowest BCUT2D eigenvalue weighted by Gasteiger charge is -2.13. The average Bonchev–Trinajstić information content (AvgIpc) is 2.40. The smallest absolute Gasteiger partial charge is 0.191 e. The van der Waals surface area contributed by atoms with Gasteiger partial charge in [-0.05, 0) is 37.2 Å². The van der Waals surface area contributed by atoms with Gasteiger partial charge in [0.2, 0.25) is 0 Å². The highest BCUT2D eigenvalue weighted by atomic mass is 32.1. The maximum Gasteiger partial charge on any atom is 0.191 e. The number of carbonyl (C=O) groups excluding carboxylic acids is 1. The summed E-state index contributed by atoms with van der Waals surface area (Å²) in [5.74, 6) is -1.25. The Labute approximate surface area is 120 Å². The van der Waals surface area contributed by atoms with E-state index in [1.165, 1.54) is 6.07 Å². The number of carbonyl (C=O) groups is 1. The Balaban J connectivity index is 1.92. The summed E-state index contributed by atoms with van der Waals surface area (Å²) in [4.78, 5) is 11.2. The predicted octanol–water partition coefficient (Wildman–Crippen LogP) is 2.75. The van der Waals surface area contributed by atoms with E-state index in [0.29, 0.717) is 12.8 Å². The molecule has 0 saturated heterocycles. The minimum absolute atomic E-state index is 0.0591. The van der Waals surface area contributed by atoms with Crippen LogP contribution >= 0.6 is 12.2 Å². The maximum absolute atomic E-state index is 13.4. The van der Waals surface area contributed by atoms with Crippen LogP contribution in [0.1, 0.15) is 25.7 Å². The third-order valence-corrected chi connectivity index (χ3v) is 3.01. The molecule has 1 fully saturated rings. The number of benzene rings is 1. The standard InChI is InChI=1S/C13H13F2N3OS/c14-8-4-5-12(11(15)6-8)16-13(20)18-17-9-2-1-3-10(19)7-9/h4-6H,1-3,7H2,(H2,16,18,20). The highest BCUT2D eigenvalue weighted by Gasteiger charge is 2.14. The van der Waals surface area contributed by atoms with Crippen LogP contribution in [-0.4, -0.2) is 16.6 Å². The van der Waals surface area contributed by atoms with Crippen molar-refractivity contribution < 1.29 is 13.6 Å². The normalized spacial score (nSPS) is 17.1. The van der Waals surface area contributed by atoms with Crippen molar-refractivity contribution in [2.45, 2.75) is 25.7 Å². The van der Waals surface area contributed by atoms with E-state index in [0.717, 1.165) is 30.7 Å². The SMILES string of the molecule is O=C1CCCC(=NNC(=S)Nc2ccc(F)cc2F)C1. The second-order valence-electron chi connectivity index (χ2n) is 4.44. The molecule has 0 radical (unpaired) electrons. The number of hydrazone groups is 1. The number of Topliss-reactive ketones (excluding diaryl/α,β-unsaturated/α-hetero) is 1. The fraction of sp³-hybridized carbons (Fsp3) is 0.308. The van der Waals surface area contributed by atoms with Crippen LogP contribution in [0.4, 0.5) is 14.5 Å². The molecule has 0 aromatic heterocycles. The third kappa shape index (κ3) is 4.06. The van der Waals surface area contributed by atoms with Gasteiger partial charge in [-0.25, -0.2) is 8.78 Å². The summed E-state index contributed by atoms with van der Waals surface area (Å²) in [5.41, 5.74) is 3.34. The summed E-state index contributed by atoms with van der Waals surface area (Å²) >= 11 is 4.95. The molecule has 1 aliphatic rings. The first kappa shape index (κ1) is 14.5. The highest BCUT2D eigenvalue weighted by Crippen LogP contribution is 2.15. The number of anilines is 1. The molecule has 0 bridgehead atoms. The molecule has 1 saturated carbocycles. The number of halogens is 2. The summed E-state index contributed by atoms with van der Waals surface area (Å²) in [7, 11) is 0. The molecule has 2 rings (SSSR count). The molecule has 20 heavy (non-hydrogen) atoms. The van der Waals surface area contributed by atoms with Gasteiger partial charge in [-0.3, -0.25) is 10.2 Å². The number of ketones is 1. The van der Waals surface area contributed by atoms with Crippen molar-refractivity contribution >= 4 is 34.5 Å². The van der Waals surface area contributed by atoms with Gasteiger partial charge in [0.05, 0.1) is 5.69 Å². The molecule has 0 heterocycles. The lowest BCUT2D eigenvalue weighted by molar-refractivity contribution is -0.118. The summed E-state index contributed by atoms with van der Waals surface area (Å²) in [6.45, 7) is 0. The molecule has 2 N–H and O–H groups in total. The van der Waals surface area contributed by atoms with E-state index in [-0.39, 0.29) is 16.6 Å². The van der Waals surface area contributed by atoms with Crippen LogP contribution in [0.15, 0.2) is 23.3 Å². The Kier molecular flexibility index (Phi) is 4.73. The molecule has 1 aliphatic carbocycles. The van der Waals surface area contributed by atoms with E-state index in [2.05, 4.69) is 15.8 Å². The van der Waals surface area contributed by atoms with E-state index in [1.54, 1.807) is 0 Å². The number of nitrogens with zero attached hydrogens (tertiary/aromatic N) is 1. The van der Waals surface area contributed by atoms with Crippen molar-refractivity contribution in [3.8, 4) is 0 Å². The summed E-state index contributed by atoms with van der Waals surface area (Å²) in [5, 5.41) is 6.68. The lowest BCUT2D eigenvalue weighted by atomic mass is 9.97. The summed E-state index contributed by atoms with van der Waals surface area (Å²) in [6.07, 6.45) is 2.43. The zero-order valence-corrected chi connectivity index (χ0v) is 11.4. The predicted molar refractivity (Wildman–Crippen MR) is 76.6 cm³/mol. The van der Waals surface area contributed by atoms with Gasteiger partial charge in [-0.2, -0.15) is 5.10 Å². The van der Waals surface area contributed by atoms with Gasteiger partial charge < -0.3 is 5.32 Å². The number of rotatable bonds is 2. The van der Waals surface area contributed by atoms with Crippen molar-refractivity contribution in [2.24, 2.45) is 5.10 Å². The van der Waals surface area contributed by atoms with Crippen molar-refractivity contribution in [3.05, 3.63) is 29.8 Å². The molecule has 0 aliphatic heterocycles. The molecular formula is C13H13F2N3OS. The fourth-order valence-corrected chi connectivity index (χ4v) is 2.02. The third-order valence-electron chi connectivity index (χ3n) is 2.82. The zero-order chi connectivity index (χ0) is 14.5. The Bertz CT molecular complexity index is 575. The van der Waals surface area contributed by atoms with Gasteiger partial charge in [0.25, 0.3) is 0 Å². The molecule has 0 spiro atoms. The first-order valence-electron chi connectivity index (χ1n) is 6.14. The number of nitrogens with one attached hydrogen (secondary N) is 2. The van der Waals surface area contributed by atoms with E-state index < -0.39 is 11.6 Å². The van der Waals surface area contributed by atoms with E-state index in [1.807, 2.05) is 0 Å². The Morgan fingerprint density at radius 3 is 2.80 bits per heavy atom. The molecule has 0 atom stereocenters. The van der Waals surface area contributed by atoms with Gasteiger partial charge in [-0.1, -0.05) is 0 Å². The second-order valence-corrected chi connectivity index (χ2v) is 4.85. The molecule has 1 aromatic rings. The van der Waals surface area contributed by atoms with Gasteiger partial charge in [0, 0.05) is 24.6 Å². The lowest BCUT2D eigenvalue weighted by Crippen LogP contribution is -2.27. The van der Waals surface area contributed by atoms with Crippen LogP contribution < -0.4 is 10.7 Å². The van der Waals surface area contributed by atoms with Gasteiger partial charge in [0.15, 0.2) is 5.11 Å². The van der Waals surface area contributed by atoms with Gasteiger partial charge in [0.1, 0.15) is 17.4 Å². The van der Waals surface area contributed by atoms with Crippen LogP contribution in [-0.2, 0) is 4.79 Å². The molecule has 1 aromatic carbocycles. The molecular weight excluding hydrogens is 284 g/mol. The van der Waals surface area contributed by atoms with Crippen molar-refractivity contribution in [3.63, 3.8) is 0 Å². The summed E-state index contributed by atoms with van der Waals surface area (Å²) < 4.78 is 26.1. The highest BCUT2D eigenvalue weighted by molar-refractivity contribution is 7.80. The Hall–Kier alpha value is -1.89. The van der Waals surface area contributed by atoms with Crippen LogP contribution in [0.25, 0.3) is 0 Å². The molecule has 7 heteroatoms. The van der Waals surface area contributed by atoms with Gasteiger partial charge >= 0.3 is 0 Å². The van der Waals surface area contributed by atoms with Crippen molar-refractivity contribution in [2.75, 3.05) is 5.32 Å². The monoisotopic (exact) mass is 297 g/mol. The molecule has 106 valence electrons.